The zero-order valence-corrected chi connectivity index (χ0v) is 23.7. The van der Waals surface area contributed by atoms with Crippen molar-refractivity contribution >= 4 is 23.3 Å². The van der Waals surface area contributed by atoms with Gasteiger partial charge in [-0.3, -0.25) is 0 Å². The standard InChI is InChI=1S/C30H30ClF3N4O3/c1-4-19-17-38(25-12-9-20(31)16-23(25)30(32,33)34)15-13-29(19,18-35)22-10-11-24(37-26(22)28(39)41-6-3)21-8-7-14-36-27(21)40-5-2/h7-12,14,16,19H,4-6,13,15,17H2,1-3H3. The molecule has 0 aliphatic carbocycles. The van der Waals surface area contributed by atoms with E-state index in [0.717, 1.165) is 6.07 Å². The Hall–Kier alpha value is -3.84. The Bertz CT molecular complexity index is 1460. The normalized spacial score (nSPS) is 19.0. The van der Waals surface area contributed by atoms with Gasteiger partial charge < -0.3 is 14.4 Å². The Labute approximate surface area is 241 Å². The largest absolute Gasteiger partial charge is 0.477 e. The third-order valence-corrected chi connectivity index (χ3v) is 7.62. The van der Waals surface area contributed by atoms with Crippen LogP contribution < -0.4 is 9.64 Å². The number of alkyl halides is 3. The number of hydrogen-bond acceptors (Lipinski definition) is 7. The molecule has 0 spiro atoms. The molecule has 2 unspecified atom stereocenters. The van der Waals surface area contributed by atoms with Crippen LogP contribution in [0.4, 0.5) is 18.9 Å². The molecule has 0 radical (unpaired) electrons. The van der Waals surface area contributed by atoms with E-state index < -0.39 is 29.0 Å². The quantitative estimate of drug-likeness (QED) is 0.260. The summed E-state index contributed by atoms with van der Waals surface area (Å²) in [7, 11) is 0. The Kier molecular flexibility index (Phi) is 9.08. The Morgan fingerprint density at radius 1 is 1.20 bits per heavy atom. The second kappa shape index (κ2) is 12.4. The maximum Gasteiger partial charge on any atom is 0.418 e. The van der Waals surface area contributed by atoms with E-state index in [2.05, 4.69) is 16.0 Å². The van der Waals surface area contributed by atoms with Gasteiger partial charge in [-0.25, -0.2) is 14.8 Å². The zero-order chi connectivity index (χ0) is 29.8. The summed E-state index contributed by atoms with van der Waals surface area (Å²) in [6.45, 7) is 6.17. The minimum atomic E-state index is -4.60. The second-order valence-electron chi connectivity index (χ2n) is 9.65. The molecule has 7 nitrogen and oxygen atoms in total. The van der Waals surface area contributed by atoms with Crippen molar-refractivity contribution < 1.29 is 27.4 Å². The summed E-state index contributed by atoms with van der Waals surface area (Å²) in [6, 6.07) is 13.0. The first-order chi connectivity index (χ1) is 19.6. The van der Waals surface area contributed by atoms with E-state index in [1.165, 1.54) is 12.1 Å². The number of carbonyl (C=O) groups is 1. The van der Waals surface area contributed by atoms with Gasteiger partial charge in [-0.05, 0) is 69.0 Å². The molecule has 0 amide bonds. The number of rotatable bonds is 8. The molecule has 0 bridgehead atoms. The smallest absolute Gasteiger partial charge is 0.418 e. The number of ether oxygens (including phenoxy) is 2. The van der Waals surface area contributed by atoms with Crippen molar-refractivity contribution in [1.29, 1.82) is 5.26 Å². The average Bonchev–Trinajstić information content (AvgIpc) is 2.96. The van der Waals surface area contributed by atoms with E-state index in [1.54, 1.807) is 42.3 Å². The molecule has 41 heavy (non-hydrogen) atoms. The predicted octanol–water partition coefficient (Wildman–Crippen LogP) is 7.09. The molecule has 1 aliphatic heterocycles. The number of hydrogen-bond donors (Lipinski definition) is 0. The summed E-state index contributed by atoms with van der Waals surface area (Å²) in [5.41, 5.74) is -0.643. The average molecular weight is 587 g/mol. The van der Waals surface area contributed by atoms with E-state index in [9.17, 15) is 23.2 Å². The lowest BCUT2D eigenvalue weighted by Gasteiger charge is -2.45. The highest BCUT2D eigenvalue weighted by atomic mass is 35.5. The molecule has 216 valence electrons. The van der Waals surface area contributed by atoms with Crippen LogP contribution in [0.15, 0.2) is 48.7 Å². The highest BCUT2D eigenvalue weighted by Crippen LogP contribution is 2.46. The number of anilines is 1. The van der Waals surface area contributed by atoms with Crippen LogP contribution >= 0.6 is 11.6 Å². The van der Waals surface area contributed by atoms with Gasteiger partial charge in [0, 0.05) is 35.6 Å². The summed E-state index contributed by atoms with van der Waals surface area (Å²) in [4.78, 5) is 23.8. The number of nitriles is 1. The van der Waals surface area contributed by atoms with E-state index in [1.807, 2.05) is 13.8 Å². The van der Waals surface area contributed by atoms with E-state index in [-0.39, 0.29) is 42.5 Å². The molecule has 0 N–H and O–H groups in total. The van der Waals surface area contributed by atoms with Gasteiger partial charge in [0.2, 0.25) is 5.88 Å². The summed E-state index contributed by atoms with van der Waals surface area (Å²) in [5, 5.41) is 10.6. The summed E-state index contributed by atoms with van der Waals surface area (Å²) >= 11 is 5.90. The Morgan fingerprint density at radius 3 is 2.63 bits per heavy atom. The minimum Gasteiger partial charge on any atom is -0.477 e. The van der Waals surface area contributed by atoms with Gasteiger partial charge in [-0.15, -0.1) is 0 Å². The van der Waals surface area contributed by atoms with Crippen molar-refractivity contribution in [3.8, 4) is 23.2 Å². The van der Waals surface area contributed by atoms with Crippen molar-refractivity contribution in [3.63, 3.8) is 0 Å². The van der Waals surface area contributed by atoms with Crippen molar-refractivity contribution in [3.05, 3.63) is 70.5 Å². The molecule has 1 saturated heterocycles. The topological polar surface area (TPSA) is 88.3 Å². The van der Waals surface area contributed by atoms with Gasteiger partial charge in [0.25, 0.3) is 0 Å². The molecule has 11 heteroatoms. The molecular formula is C30H30ClF3N4O3. The molecule has 1 aliphatic rings. The lowest BCUT2D eigenvalue weighted by molar-refractivity contribution is -0.137. The van der Waals surface area contributed by atoms with Gasteiger partial charge in [-0.2, -0.15) is 18.4 Å². The first-order valence-corrected chi connectivity index (χ1v) is 13.8. The predicted molar refractivity (Wildman–Crippen MR) is 149 cm³/mol. The number of halogens is 4. The fourth-order valence-electron chi connectivity index (χ4n) is 5.46. The monoisotopic (exact) mass is 586 g/mol. The number of benzene rings is 1. The molecule has 1 aromatic carbocycles. The molecule has 1 fully saturated rings. The maximum atomic E-state index is 13.9. The van der Waals surface area contributed by atoms with Gasteiger partial charge in [-0.1, -0.05) is 24.6 Å². The number of nitrogens with zero attached hydrogens (tertiary/aromatic N) is 4. The molecule has 3 aromatic rings. The first-order valence-electron chi connectivity index (χ1n) is 13.4. The van der Waals surface area contributed by atoms with Gasteiger partial charge in [0.15, 0.2) is 5.69 Å². The van der Waals surface area contributed by atoms with Crippen LogP contribution in [0.5, 0.6) is 5.88 Å². The molecular weight excluding hydrogens is 557 g/mol. The summed E-state index contributed by atoms with van der Waals surface area (Å²) in [6.07, 6.45) is -2.37. The van der Waals surface area contributed by atoms with E-state index in [4.69, 9.17) is 21.1 Å². The minimum absolute atomic E-state index is 0.00556. The molecule has 2 atom stereocenters. The maximum absolute atomic E-state index is 13.9. The molecule has 2 aromatic heterocycles. The third-order valence-electron chi connectivity index (χ3n) is 7.38. The van der Waals surface area contributed by atoms with Crippen LogP contribution in [0.3, 0.4) is 0 Å². The Balaban J connectivity index is 1.80. The van der Waals surface area contributed by atoms with Gasteiger partial charge in [0.05, 0.1) is 41.5 Å². The van der Waals surface area contributed by atoms with E-state index in [0.29, 0.717) is 35.7 Å². The highest BCUT2D eigenvalue weighted by Gasteiger charge is 2.48. The number of esters is 1. The van der Waals surface area contributed by atoms with Crippen molar-refractivity contribution in [2.75, 3.05) is 31.2 Å². The van der Waals surface area contributed by atoms with Gasteiger partial charge >= 0.3 is 12.1 Å². The van der Waals surface area contributed by atoms with Crippen LogP contribution in [0.1, 0.15) is 55.2 Å². The van der Waals surface area contributed by atoms with Crippen molar-refractivity contribution in [1.82, 2.24) is 9.97 Å². The van der Waals surface area contributed by atoms with Crippen LogP contribution in [0.2, 0.25) is 5.02 Å². The van der Waals surface area contributed by atoms with Crippen LogP contribution in [-0.4, -0.2) is 42.2 Å². The van der Waals surface area contributed by atoms with Crippen LogP contribution in [0, 0.1) is 17.2 Å². The SMILES string of the molecule is CCOC(=O)c1nc(-c2cccnc2OCC)ccc1C1(C#N)CCN(c2ccc(Cl)cc2C(F)(F)F)CC1CC. The number of carbonyl (C=O) groups excluding carboxylic acids is 1. The Morgan fingerprint density at radius 2 is 1.98 bits per heavy atom. The molecule has 4 rings (SSSR count). The fraction of sp³-hybridized carbons (Fsp3) is 0.400. The summed E-state index contributed by atoms with van der Waals surface area (Å²) < 4.78 is 52.7. The zero-order valence-electron chi connectivity index (χ0n) is 23.0. The first kappa shape index (κ1) is 30.1. The van der Waals surface area contributed by atoms with Gasteiger partial charge in [0.1, 0.15) is 0 Å². The van der Waals surface area contributed by atoms with Crippen molar-refractivity contribution in [2.24, 2.45) is 5.92 Å². The second-order valence-corrected chi connectivity index (χ2v) is 10.1. The fourth-order valence-corrected chi connectivity index (χ4v) is 5.63. The van der Waals surface area contributed by atoms with Crippen molar-refractivity contribution in [2.45, 2.75) is 45.2 Å². The number of aromatic nitrogens is 2. The molecule has 0 saturated carbocycles. The van der Waals surface area contributed by atoms with E-state index >= 15 is 0 Å². The lowest BCUT2D eigenvalue weighted by Crippen LogP contribution is -2.50. The highest BCUT2D eigenvalue weighted by molar-refractivity contribution is 6.30. The third kappa shape index (κ3) is 5.96. The molecule has 3 heterocycles. The number of pyridine rings is 2. The van der Waals surface area contributed by atoms with Crippen LogP contribution in [0.25, 0.3) is 11.3 Å². The summed E-state index contributed by atoms with van der Waals surface area (Å²) in [5.74, 6) is -0.755. The number of piperidine rings is 1. The lowest BCUT2D eigenvalue weighted by atomic mass is 9.65. The van der Waals surface area contributed by atoms with Crippen LogP contribution in [-0.2, 0) is 16.3 Å².